The number of hydrogen-bond donors (Lipinski definition) is 1. The lowest BCUT2D eigenvalue weighted by Gasteiger charge is -2.37. The highest BCUT2D eigenvalue weighted by molar-refractivity contribution is 5.79. The van der Waals surface area contributed by atoms with E-state index in [-0.39, 0.29) is 11.8 Å². The molecule has 2 aliphatic rings. The topological polar surface area (TPSA) is 69.9 Å². The van der Waals surface area contributed by atoms with Gasteiger partial charge in [0.05, 0.1) is 0 Å². The second-order valence-electron chi connectivity index (χ2n) is 5.37. The minimum atomic E-state index is 0.164. The third kappa shape index (κ3) is 3.67. The zero-order valence-electron chi connectivity index (χ0n) is 11.5. The number of piperidine rings is 1. The number of carbonyl (C=O) groups excluding carboxylic acids is 2. The molecule has 0 aromatic carbocycles. The second kappa shape index (κ2) is 6.86. The maximum atomic E-state index is 12.4. The first kappa shape index (κ1) is 14.3. The van der Waals surface area contributed by atoms with E-state index >= 15 is 0 Å². The Morgan fingerprint density at radius 2 is 1.74 bits per heavy atom. The number of nitrogens with two attached hydrogens (primary N) is 1. The SMILES string of the molecule is NCCN1CCC(C(=O)N2CCN(C=O)CC2)CC1. The van der Waals surface area contributed by atoms with Gasteiger partial charge in [-0.05, 0) is 25.9 Å². The van der Waals surface area contributed by atoms with Crippen molar-refractivity contribution in [1.82, 2.24) is 14.7 Å². The van der Waals surface area contributed by atoms with Crippen molar-refractivity contribution in [3.63, 3.8) is 0 Å². The Labute approximate surface area is 114 Å². The molecule has 0 radical (unpaired) electrons. The van der Waals surface area contributed by atoms with E-state index in [4.69, 9.17) is 5.73 Å². The zero-order valence-corrected chi connectivity index (χ0v) is 11.5. The number of likely N-dealkylation sites (tertiary alicyclic amines) is 1. The van der Waals surface area contributed by atoms with Crippen molar-refractivity contribution in [3.05, 3.63) is 0 Å². The van der Waals surface area contributed by atoms with Crippen molar-refractivity contribution < 1.29 is 9.59 Å². The summed E-state index contributed by atoms with van der Waals surface area (Å²) in [6.07, 6.45) is 2.74. The highest BCUT2D eigenvalue weighted by Crippen LogP contribution is 2.20. The van der Waals surface area contributed by atoms with Crippen LogP contribution in [0.25, 0.3) is 0 Å². The van der Waals surface area contributed by atoms with Crippen LogP contribution in [0.4, 0.5) is 0 Å². The molecule has 0 spiro atoms. The Kier molecular flexibility index (Phi) is 5.15. The van der Waals surface area contributed by atoms with Crippen LogP contribution in [-0.2, 0) is 9.59 Å². The average molecular weight is 268 g/mol. The van der Waals surface area contributed by atoms with E-state index in [1.54, 1.807) is 4.90 Å². The van der Waals surface area contributed by atoms with Crippen molar-refractivity contribution >= 4 is 12.3 Å². The molecule has 2 fully saturated rings. The molecule has 2 rings (SSSR count). The van der Waals surface area contributed by atoms with Crippen molar-refractivity contribution in [2.45, 2.75) is 12.8 Å². The van der Waals surface area contributed by atoms with Crippen LogP contribution < -0.4 is 5.73 Å². The van der Waals surface area contributed by atoms with Gasteiger partial charge in [0.2, 0.25) is 12.3 Å². The first-order valence-corrected chi connectivity index (χ1v) is 7.15. The van der Waals surface area contributed by atoms with Gasteiger partial charge in [-0.3, -0.25) is 9.59 Å². The van der Waals surface area contributed by atoms with Crippen LogP contribution in [0.1, 0.15) is 12.8 Å². The fourth-order valence-electron chi connectivity index (χ4n) is 2.89. The highest BCUT2D eigenvalue weighted by Gasteiger charge is 2.29. The maximum Gasteiger partial charge on any atom is 0.225 e. The Balaban J connectivity index is 1.77. The highest BCUT2D eigenvalue weighted by atomic mass is 16.2. The van der Waals surface area contributed by atoms with E-state index in [0.29, 0.717) is 32.7 Å². The summed E-state index contributed by atoms with van der Waals surface area (Å²) in [7, 11) is 0. The van der Waals surface area contributed by atoms with Crippen molar-refractivity contribution in [3.8, 4) is 0 Å². The standard InChI is InChI=1S/C13H24N4O2/c14-3-6-15-4-1-12(2-5-15)13(19)17-9-7-16(11-18)8-10-17/h11-12H,1-10,14H2. The molecule has 0 saturated carbocycles. The van der Waals surface area contributed by atoms with Gasteiger partial charge in [0.1, 0.15) is 0 Å². The minimum absolute atomic E-state index is 0.164. The quantitative estimate of drug-likeness (QED) is 0.661. The van der Waals surface area contributed by atoms with Gasteiger partial charge < -0.3 is 20.4 Å². The lowest BCUT2D eigenvalue weighted by Crippen LogP contribution is -2.51. The number of piperazine rings is 1. The summed E-state index contributed by atoms with van der Waals surface area (Å²) >= 11 is 0. The van der Waals surface area contributed by atoms with E-state index < -0.39 is 0 Å². The van der Waals surface area contributed by atoms with E-state index in [1.807, 2.05) is 4.90 Å². The fourth-order valence-corrected chi connectivity index (χ4v) is 2.89. The third-order valence-corrected chi connectivity index (χ3v) is 4.16. The summed E-state index contributed by atoms with van der Waals surface area (Å²) in [6, 6.07) is 0. The molecule has 0 unspecified atom stereocenters. The van der Waals surface area contributed by atoms with Gasteiger partial charge >= 0.3 is 0 Å². The van der Waals surface area contributed by atoms with E-state index in [2.05, 4.69) is 4.90 Å². The van der Waals surface area contributed by atoms with Crippen LogP contribution in [0.15, 0.2) is 0 Å². The van der Waals surface area contributed by atoms with Gasteiger partial charge in [0.25, 0.3) is 0 Å². The third-order valence-electron chi connectivity index (χ3n) is 4.16. The molecule has 0 aliphatic carbocycles. The molecular formula is C13H24N4O2. The Bertz CT molecular complexity index is 308. The molecule has 2 amide bonds. The fraction of sp³-hybridized carbons (Fsp3) is 0.846. The Morgan fingerprint density at radius 1 is 1.11 bits per heavy atom. The number of hydrogen-bond acceptors (Lipinski definition) is 4. The maximum absolute atomic E-state index is 12.4. The smallest absolute Gasteiger partial charge is 0.225 e. The predicted molar refractivity (Wildman–Crippen MR) is 72.4 cm³/mol. The van der Waals surface area contributed by atoms with Gasteiger partial charge in [0.15, 0.2) is 0 Å². The van der Waals surface area contributed by atoms with Gasteiger partial charge in [-0.15, -0.1) is 0 Å². The van der Waals surface area contributed by atoms with Crippen LogP contribution in [-0.4, -0.2) is 79.4 Å². The second-order valence-corrected chi connectivity index (χ2v) is 5.37. The summed E-state index contributed by atoms with van der Waals surface area (Å²) in [5.41, 5.74) is 5.55. The summed E-state index contributed by atoms with van der Waals surface area (Å²) < 4.78 is 0. The van der Waals surface area contributed by atoms with E-state index in [0.717, 1.165) is 38.9 Å². The molecule has 2 aliphatic heterocycles. The molecule has 2 saturated heterocycles. The number of carbonyl (C=O) groups is 2. The van der Waals surface area contributed by atoms with Gasteiger partial charge in [-0.1, -0.05) is 0 Å². The van der Waals surface area contributed by atoms with Crippen molar-refractivity contribution in [1.29, 1.82) is 0 Å². The molecule has 6 heteroatoms. The Morgan fingerprint density at radius 3 is 2.26 bits per heavy atom. The van der Waals surface area contributed by atoms with Crippen LogP contribution in [0.3, 0.4) is 0 Å². The minimum Gasteiger partial charge on any atom is -0.342 e. The summed E-state index contributed by atoms with van der Waals surface area (Å²) in [4.78, 5) is 29.0. The number of rotatable bonds is 4. The summed E-state index contributed by atoms with van der Waals surface area (Å²) in [5, 5.41) is 0. The lowest BCUT2D eigenvalue weighted by molar-refractivity contribution is -0.140. The molecule has 2 heterocycles. The molecule has 0 aromatic heterocycles. The van der Waals surface area contributed by atoms with Crippen molar-refractivity contribution in [2.24, 2.45) is 11.7 Å². The largest absolute Gasteiger partial charge is 0.342 e. The van der Waals surface area contributed by atoms with E-state index in [1.165, 1.54) is 0 Å². The van der Waals surface area contributed by atoms with Gasteiger partial charge in [-0.2, -0.15) is 0 Å². The monoisotopic (exact) mass is 268 g/mol. The molecule has 19 heavy (non-hydrogen) atoms. The van der Waals surface area contributed by atoms with Crippen molar-refractivity contribution in [2.75, 3.05) is 52.4 Å². The Hall–Kier alpha value is -1.14. The average Bonchev–Trinajstić information content (AvgIpc) is 2.48. The molecule has 0 bridgehead atoms. The molecular weight excluding hydrogens is 244 g/mol. The normalized spacial score (nSPS) is 22.6. The number of nitrogens with zero attached hydrogens (tertiary/aromatic N) is 3. The van der Waals surface area contributed by atoms with Crippen LogP contribution in [0.2, 0.25) is 0 Å². The van der Waals surface area contributed by atoms with Crippen LogP contribution >= 0.6 is 0 Å². The first-order valence-electron chi connectivity index (χ1n) is 7.15. The zero-order chi connectivity index (χ0) is 13.7. The molecule has 0 atom stereocenters. The lowest BCUT2D eigenvalue weighted by atomic mass is 9.95. The number of amides is 2. The first-order chi connectivity index (χ1) is 9.24. The summed E-state index contributed by atoms with van der Waals surface area (Å²) in [5.74, 6) is 0.440. The molecule has 0 aromatic rings. The summed E-state index contributed by atoms with van der Waals surface area (Å²) in [6.45, 7) is 6.26. The van der Waals surface area contributed by atoms with Gasteiger partial charge in [0, 0.05) is 45.2 Å². The van der Waals surface area contributed by atoms with E-state index in [9.17, 15) is 9.59 Å². The molecule has 108 valence electrons. The van der Waals surface area contributed by atoms with Crippen LogP contribution in [0.5, 0.6) is 0 Å². The molecule has 2 N–H and O–H groups in total. The van der Waals surface area contributed by atoms with Gasteiger partial charge in [-0.25, -0.2) is 0 Å². The predicted octanol–water partition coefficient (Wildman–Crippen LogP) is -1.04. The molecule has 6 nitrogen and oxygen atoms in total. The van der Waals surface area contributed by atoms with Crippen LogP contribution in [0, 0.1) is 5.92 Å².